The van der Waals surface area contributed by atoms with Gasteiger partial charge in [0.05, 0.1) is 5.69 Å². The number of rotatable bonds is 7. The fourth-order valence-electron chi connectivity index (χ4n) is 3.22. The van der Waals surface area contributed by atoms with Crippen molar-refractivity contribution in [1.82, 2.24) is 15.1 Å². The second-order valence-electron chi connectivity index (χ2n) is 6.96. The lowest BCUT2D eigenvalue weighted by atomic mass is 10.1. The molecule has 0 atom stereocenters. The molecule has 0 aliphatic heterocycles. The minimum absolute atomic E-state index is 0.0915. The van der Waals surface area contributed by atoms with Crippen LogP contribution in [-0.2, 0) is 17.8 Å². The van der Waals surface area contributed by atoms with Crippen molar-refractivity contribution in [3.8, 4) is 5.69 Å². The van der Waals surface area contributed by atoms with Crippen LogP contribution in [0.4, 0.5) is 14.5 Å². The lowest BCUT2D eigenvalue weighted by molar-refractivity contribution is -0.114. The Hall–Kier alpha value is -3.06. The first-order valence-corrected chi connectivity index (χ1v) is 9.43. The molecule has 1 amide bonds. The maximum atomic E-state index is 14.1. The van der Waals surface area contributed by atoms with Gasteiger partial charge in [-0.3, -0.25) is 4.79 Å². The average molecular weight is 398 g/mol. The first-order valence-electron chi connectivity index (χ1n) is 9.43. The molecule has 0 saturated heterocycles. The maximum absolute atomic E-state index is 14.1. The highest BCUT2D eigenvalue weighted by molar-refractivity contribution is 5.88. The van der Waals surface area contributed by atoms with Crippen LogP contribution in [0.15, 0.2) is 42.5 Å². The highest BCUT2D eigenvalue weighted by Gasteiger charge is 2.15. The highest BCUT2D eigenvalue weighted by Crippen LogP contribution is 2.20. The number of benzene rings is 2. The van der Waals surface area contributed by atoms with Gasteiger partial charge in [0.1, 0.15) is 11.5 Å². The molecule has 0 unspecified atom stereocenters. The molecule has 0 spiro atoms. The number of carbonyl (C=O) groups is 1. The topological polar surface area (TPSA) is 59.0 Å². The predicted octanol–water partition coefficient (Wildman–Crippen LogP) is 4.06. The summed E-state index contributed by atoms with van der Waals surface area (Å²) in [6.07, 6.45) is 0.833. The van der Waals surface area contributed by atoms with Crippen LogP contribution in [0.3, 0.4) is 0 Å². The summed E-state index contributed by atoms with van der Waals surface area (Å²) in [6.45, 7) is 6.59. The molecular formula is C22H24F2N4O. The number of hydrogen-bond donors (Lipinski definition) is 2. The summed E-state index contributed by atoms with van der Waals surface area (Å²) in [5.74, 6) is -1.34. The fraction of sp³-hybridized carbons (Fsp3) is 0.273. The third-order valence-electron chi connectivity index (χ3n) is 4.75. The Morgan fingerprint density at radius 1 is 1.10 bits per heavy atom. The second kappa shape index (κ2) is 8.96. The first kappa shape index (κ1) is 20.7. The number of nitrogens with one attached hydrogen (secondary N) is 2. The number of aryl methyl sites for hydroxylation is 1. The minimum atomic E-state index is -0.641. The zero-order valence-electron chi connectivity index (χ0n) is 16.7. The van der Waals surface area contributed by atoms with Crippen LogP contribution in [0.1, 0.15) is 29.4 Å². The molecule has 0 bridgehead atoms. The lowest BCUT2D eigenvalue weighted by Gasteiger charge is -2.08. The van der Waals surface area contributed by atoms with Crippen molar-refractivity contribution < 1.29 is 13.6 Å². The van der Waals surface area contributed by atoms with Crippen molar-refractivity contribution in [2.45, 2.75) is 33.7 Å². The zero-order chi connectivity index (χ0) is 21.0. The summed E-state index contributed by atoms with van der Waals surface area (Å²) in [7, 11) is 0. The first-order chi connectivity index (χ1) is 13.8. The zero-order valence-corrected chi connectivity index (χ0v) is 16.7. The van der Waals surface area contributed by atoms with Gasteiger partial charge in [0.25, 0.3) is 0 Å². The molecule has 3 aromatic rings. The van der Waals surface area contributed by atoms with Gasteiger partial charge in [-0.1, -0.05) is 12.1 Å². The number of amides is 1. The normalized spacial score (nSPS) is 10.9. The molecule has 152 valence electrons. The van der Waals surface area contributed by atoms with Crippen LogP contribution < -0.4 is 10.6 Å². The standard InChI is InChI=1S/C22H24F2N4O/c1-14-20(15(2)28(27-14)22-9-6-18(23)12-21(22)24)13-25-11-10-17-4-7-19(8-5-17)26-16(3)29/h4-9,12,25H,10-11,13H2,1-3H3,(H,26,29). The van der Waals surface area contributed by atoms with E-state index in [0.717, 1.165) is 47.2 Å². The molecule has 0 aliphatic carbocycles. The van der Waals surface area contributed by atoms with Crippen LogP contribution in [0.25, 0.3) is 5.69 Å². The van der Waals surface area contributed by atoms with Crippen LogP contribution in [0.2, 0.25) is 0 Å². The van der Waals surface area contributed by atoms with Crippen LogP contribution in [0, 0.1) is 25.5 Å². The van der Waals surface area contributed by atoms with E-state index >= 15 is 0 Å². The third kappa shape index (κ3) is 5.06. The van der Waals surface area contributed by atoms with Gasteiger partial charge >= 0.3 is 0 Å². The van der Waals surface area contributed by atoms with E-state index in [-0.39, 0.29) is 11.6 Å². The van der Waals surface area contributed by atoms with E-state index < -0.39 is 11.6 Å². The van der Waals surface area contributed by atoms with Crippen molar-refractivity contribution in [3.05, 3.63) is 76.6 Å². The van der Waals surface area contributed by atoms with E-state index in [9.17, 15) is 13.6 Å². The Labute approximate surface area is 168 Å². The Morgan fingerprint density at radius 2 is 1.83 bits per heavy atom. The lowest BCUT2D eigenvalue weighted by Crippen LogP contribution is -2.17. The third-order valence-corrected chi connectivity index (χ3v) is 4.75. The maximum Gasteiger partial charge on any atom is 0.221 e. The fourth-order valence-corrected chi connectivity index (χ4v) is 3.22. The number of aromatic nitrogens is 2. The Kier molecular flexibility index (Phi) is 6.39. The van der Waals surface area contributed by atoms with E-state index in [0.29, 0.717) is 6.54 Å². The number of hydrogen-bond acceptors (Lipinski definition) is 3. The molecule has 0 radical (unpaired) electrons. The molecule has 0 saturated carbocycles. The molecule has 0 aliphatic rings. The van der Waals surface area contributed by atoms with Gasteiger partial charge in [0.2, 0.25) is 5.91 Å². The van der Waals surface area contributed by atoms with E-state index in [2.05, 4.69) is 15.7 Å². The minimum Gasteiger partial charge on any atom is -0.326 e. The monoisotopic (exact) mass is 398 g/mol. The van der Waals surface area contributed by atoms with Gasteiger partial charge in [-0.2, -0.15) is 5.10 Å². The Balaban J connectivity index is 1.60. The molecule has 2 N–H and O–H groups in total. The van der Waals surface area contributed by atoms with Gasteiger partial charge in [0.15, 0.2) is 5.82 Å². The molecule has 5 nitrogen and oxygen atoms in total. The summed E-state index contributed by atoms with van der Waals surface area (Å²) in [4.78, 5) is 11.1. The predicted molar refractivity (Wildman–Crippen MR) is 109 cm³/mol. The van der Waals surface area contributed by atoms with Crippen LogP contribution in [-0.4, -0.2) is 22.2 Å². The molecule has 7 heteroatoms. The van der Waals surface area contributed by atoms with Crippen LogP contribution >= 0.6 is 0 Å². The molecule has 2 aromatic carbocycles. The summed E-state index contributed by atoms with van der Waals surface area (Å²) >= 11 is 0. The van der Waals surface area contributed by atoms with E-state index in [1.54, 1.807) is 0 Å². The van der Waals surface area contributed by atoms with Gasteiger partial charge in [-0.05, 0) is 56.6 Å². The SMILES string of the molecule is CC(=O)Nc1ccc(CCNCc2c(C)nn(-c3ccc(F)cc3F)c2C)cc1. The van der Waals surface area contributed by atoms with Crippen LogP contribution in [0.5, 0.6) is 0 Å². The van der Waals surface area contributed by atoms with Crippen molar-refractivity contribution in [2.24, 2.45) is 0 Å². The smallest absolute Gasteiger partial charge is 0.221 e. The molecule has 29 heavy (non-hydrogen) atoms. The molecule has 1 heterocycles. The van der Waals surface area contributed by atoms with Crippen molar-refractivity contribution in [2.75, 3.05) is 11.9 Å². The second-order valence-corrected chi connectivity index (χ2v) is 6.96. The summed E-state index contributed by atoms with van der Waals surface area (Å²) < 4.78 is 28.8. The van der Waals surface area contributed by atoms with Gasteiger partial charge in [-0.15, -0.1) is 0 Å². The van der Waals surface area contributed by atoms with Gasteiger partial charge in [0, 0.05) is 36.5 Å². The molecule has 1 aromatic heterocycles. The number of halogens is 2. The Bertz CT molecular complexity index is 1010. The number of anilines is 1. The highest BCUT2D eigenvalue weighted by atomic mass is 19.1. The van der Waals surface area contributed by atoms with E-state index in [1.807, 2.05) is 38.1 Å². The quantitative estimate of drug-likeness (QED) is 0.590. The summed E-state index contributed by atoms with van der Waals surface area (Å²) in [5, 5.41) is 10.6. The van der Waals surface area contributed by atoms with E-state index in [1.165, 1.54) is 23.7 Å². The average Bonchev–Trinajstić information content (AvgIpc) is 2.94. The van der Waals surface area contributed by atoms with E-state index in [4.69, 9.17) is 0 Å². The summed E-state index contributed by atoms with van der Waals surface area (Å²) in [6, 6.07) is 11.2. The van der Waals surface area contributed by atoms with Gasteiger partial charge in [-0.25, -0.2) is 13.5 Å². The van der Waals surface area contributed by atoms with Crippen molar-refractivity contribution in [1.29, 1.82) is 0 Å². The van der Waals surface area contributed by atoms with Crippen molar-refractivity contribution in [3.63, 3.8) is 0 Å². The number of carbonyl (C=O) groups excluding carboxylic acids is 1. The molecule has 3 rings (SSSR count). The summed E-state index contributed by atoms with van der Waals surface area (Å²) in [5.41, 5.74) is 4.79. The van der Waals surface area contributed by atoms with Crippen molar-refractivity contribution >= 4 is 11.6 Å². The number of nitrogens with zero attached hydrogens (tertiary/aromatic N) is 2. The largest absolute Gasteiger partial charge is 0.326 e. The molecular weight excluding hydrogens is 374 g/mol. The molecule has 0 fully saturated rings. The van der Waals surface area contributed by atoms with Gasteiger partial charge < -0.3 is 10.6 Å². The Morgan fingerprint density at radius 3 is 2.48 bits per heavy atom.